The molecule has 6 nitrogen and oxygen atoms in total. The number of carbonyl (C=O) groups is 2. The number of hydrogen-bond donors (Lipinski definition) is 2. The van der Waals surface area contributed by atoms with Crippen molar-refractivity contribution in [3.63, 3.8) is 0 Å². The zero-order valence-electron chi connectivity index (χ0n) is 11.5. The molecular formula is C13H17ClN2O4. The summed E-state index contributed by atoms with van der Waals surface area (Å²) in [5.74, 6) is -1.16. The van der Waals surface area contributed by atoms with Crippen molar-refractivity contribution in [3.05, 3.63) is 29.0 Å². The van der Waals surface area contributed by atoms with Crippen molar-refractivity contribution in [1.29, 1.82) is 0 Å². The number of aromatic nitrogens is 1. The third-order valence-electron chi connectivity index (χ3n) is 2.27. The topological polar surface area (TPSA) is 88.5 Å². The first-order valence-electron chi connectivity index (χ1n) is 6.00. The Morgan fingerprint density at radius 1 is 1.50 bits per heavy atom. The Hall–Kier alpha value is -1.82. The smallest absolute Gasteiger partial charge is 0.408 e. The van der Waals surface area contributed by atoms with E-state index in [0.29, 0.717) is 10.6 Å². The molecule has 1 atom stereocenters. The van der Waals surface area contributed by atoms with E-state index in [9.17, 15) is 9.59 Å². The Morgan fingerprint density at radius 3 is 2.65 bits per heavy atom. The molecular weight excluding hydrogens is 284 g/mol. The molecule has 1 rings (SSSR count). The third kappa shape index (κ3) is 5.44. The van der Waals surface area contributed by atoms with Gasteiger partial charge in [0.1, 0.15) is 11.6 Å². The largest absolute Gasteiger partial charge is 0.480 e. The van der Waals surface area contributed by atoms with Crippen molar-refractivity contribution in [2.75, 3.05) is 0 Å². The average molecular weight is 301 g/mol. The van der Waals surface area contributed by atoms with Crippen LogP contribution in [0.2, 0.25) is 5.02 Å². The number of carbonyl (C=O) groups excluding carboxylic acids is 1. The second-order valence-corrected chi connectivity index (χ2v) is 5.62. The zero-order chi connectivity index (χ0) is 15.3. The summed E-state index contributed by atoms with van der Waals surface area (Å²) < 4.78 is 5.03. The number of aliphatic carboxylic acids is 1. The van der Waals surface area contributed by atoms with E-state index in [1.165, 1.54) is 12.4 Å². The van der Waals surface area contributed by atoms with Gasteiger partial charge in [0.05, 0.1) is 5.02 Å². The number of rotatable bonds is 4. The molecule has 0 bridgehead atoms. The van der Waals surface area contributed by atoms with Gasteiger partial charge in [0.25, 0.3) is 0 Å². The maximum Gasteiger partial charge on any atom is 0.408 e. The highest BCUT2D eigenvalue weighted by Crippen LogP contribution is 2.16. The summed E-state index contributed by atoms with van der Waals surface area (Å²) in [6.45, 7) is 5.09. The number of nitrogens with one attached hydrogen (secondary N) is 1. The highest BCUT2D eigenvalue weighted by atomic mass is 35.5. The van der Waals surface area contributed by atoms with Crippen LogP contribution in [0.1, 0.15) is 26.3 Å². The predicted molar refractivity (Wildman–Crippen MR) is 73.7 cm³/mol. The monoisotopic (exact) mass is 300 g/mol. The summed E-state index contributed by atoms with van der Waals surface area (Å²) in [7, 11) is 0. The van der Waals surface area contributed by atoms with E-state index in [2.05, 4.69) is 10.3 Å². The molecule has 0 radical (unpaired) electrons. The number of amides is 1. The zero-order valence-corrected chi connectivity index (χ0v) is 12.3. The minimum Gasteiger partial charge on any atom is -0.480 e. The summed E-state index contributed by atoms with van der Waals surface area (Å²) in [6, 6.07) is 0.486. The number of pyridine rings is 1. The Bertz CT molecular complexity index is 499. The van der Waals surface area contributed by atoms with Gasteiger partial charge in [-0.15, -0.1) is 0 Å². The molecule has 1 heterocycles. The lowest BCUT2D eigenvalue weighted by atomic mass is 10.1. The van der Waals surface area contributed by atoms with Crippen molar-refractivity contribution >= 4 is 23.7 Å². The van der Waals surface area contributed by atoms with Crippen LogP contribution in [0.15, 0.2) is 18.5 Å². The van der Waals surface area contributed by atoms with Gasteiger partial charge in [0.2, 0.25) is 0 Å². The van der Waals surface area contributed by atoms with Gasteiger partial charge in [-0.3, -0.25) is 4.98 Å². The molecule has 0 aliphatic rings. The Morgan fingerprint density at radius 2 is 2.15 bits per heavy atom. The molecule has 1 aromatic rings. The summed E-state index contributed by atoms with van der Waals surface area (Å²) >= 11 is 5.92. The fourth-order valence-corrected chi connectivity index (χ4v) is 1.64. The molecule has 0 fully saturated rings. The molecule has 1 amide bonds. The van der Waals surface area contributed by atoms with Gasteiger partial charge >= 0.3 is 12.1 Å². The third-order valence-corrected chi connectivity index (χ3v) is 2.61. The number of alkyl carbamates (subject to hydrolysis) is 1. The SMILES string of the molecule is CC(C)(C)OC(=O)NC(Cc1ccncc1Cl)C(=O)O. The molecule has 110 valence electrons. The van der Waals surface area contributed by atoms with Crippen molar-refractivity contribution in [2.45, 2.75) is 38.8 Å². The summed E-state index contributed by atoms with van der Waals surface area (Å²) in [5.41, 5.74) is -0.105. The van der Waals surface area contributed by atoms with Crippen LogP contribution in [-0.2, 0) is 16.0 Å². The number of ether oxygens (including phenoxy) is 1. The fourth-order valence-electron chi connectivity index (χ4n) is 1.44. The minimum atomic E-state index is -1.16. The van der Waals surface area contributed by atoms with Crippen LogP contribution in [0, 0.1) is 0 Å². The van der Waals surface area contributed by atoms with Crippen LogP contribution in [0.3, 0.4) is 0 Å². The molecule has 0 aromatic carbocycles. The second kappa shape index (κ2) is 6.56. The molecule has 0 aliphatic carbocycles. The molecule has 20 heavy (non-hydrogen) atoms. The molecule has 7 heteroatoms. The van der Waals surface area contributed by atoms with Crippen molar-refractivity contribution in [1.82, 2.24) is 10.3 Å². The van der Waals surface area contributed by atoms with Gasteiger partial charge in [0, 0.05) is 18.8 Å². The van der Waals surface area contributed by atoms with E-state index >= 15 is 0 Å². The van der Waals surface area contributed by atoms with E-state index in [0.717, 1.165) is 0 Å². The number of carboxylic acids is 1. The molecule has 2 N–H and O–H groups in total. The first-order chi connectivity index (χ1) is 9.19. The van der Waals surface area contributed by atoms with Crippen molar-refractivity contribution < 1.29 is 19.4 Å². The van der Waals surface area contributed by atoms with Crippen LogP contribution in [0.5, 0.6) is 0 Å². The lowest BCUT2D eigenvalue weighted by Gasteiger charge is -2.22. The normalized spacial score (nSPS) is 12.6. The van der Waals surface area contributed by atoms with E-state index < -0.39 is 23.7 Å². The first-order valence-corrected chi connectivity index (χ1v) is 6.37. The van der Waals surface area contributed by atoms with Crippen molar-refractivity contribution in [3.8, 4) is 0 Å². The molecule has 1 aromatic heterocycles. The summed E-state index contributed by atoms with van der Waals surface area (Å²) in [6.07, 6.45) is 2.20. The second-order valence-electron chi connectivity index (χ2n) is 5.21. The van der Waals surface area contributed by atoms with Gasteiger partial charge < -0.3 is 15.2 Å². The minimum absolute atomic E-state index is 0.0515. The highest BCUT2D eigenvalue weighted by Gasteiger charge is 2.24. The maximum atomic E-state index is 11.6. The number of halogens is 1. The Balaban J connectivity index is 2.74. The van der Waals surface area contributed by atoms with Gasteiger partial charge in [-0.1, -0.05) is 11.6 Å². The van der Waals surface area contributed by atoms with E-state index in [-0.39, 0.29) is 6.42 Å². The first kappa shape index (κ1) is 16.2. The van der Waals surface area contributed by atoms with E-state index in [4.69, 9.17) is 21.4 Å². The van der Waals surface area contributed by atoms with Crippen molar-refractivity contribution in [2.24, 2.45) is 0 Å². The van der Waals surface area contributed by atoms with Gasteiger partial charge in [0.15, 0.2) is 0 Å². The lowest BCUT2D eigenvalue weighted by Crippen LogP contribution is -2.44. The van der Waals surface area contributed by atoms with E-state index in [1.54, 1.807) is 26.8 Å². The molecule has 0 aliphatic heterocycles. The van der Waals surface area contributed by atoms with Gasteiger partial charge in [-0.25, -0.2) is 9.59 Å². The standard InChI is InChI=1S/C13H17ClN2O4/c1-13(2,3)20-12(19)16-10(11(17)18)6-8-4-5-15-7-9(8)14/h4-5,7,10H,6H2,1-3H3,(H,16,19)(H,17,18). The number of carboxylic acid groups (broad SMARTS) is 1. The van der Waals surface area contributed by atoms with Crippen LogP contribution in [-0.4, -0.2) is 33.8 Å². The maximum absolute atomic E-state index is 11.6. The Kier molecular flexibility index (Phi) is 5.33. The summed E-state index contributed by atoms with van der Waals surface area (Å²) in [5, 5.41) is 11.8. The average Bonchev–Trinajstić information content (AvgIpc) is 2.28. The van der Waals surface area contributed by atoms with Crippen LogP contribution < -0.4 is 5.32 Å². The van der Waals surface area contributed by atoms with Gasteiger partial charge in [-0.2, -0.15) is 0 Å². The van der Waals surface area contributed by atoms with Crippen LogP contribution >= 0.6 is 11.6 Å². The van der Waals surface area contributed by atoms with E-state index in [1.807, 2.05) is 0 Å². The molecule has 0 spiro atoms. The fraction of sp³-hybridized carbons (Fsp3) is 0.462. The van der Waals surface area contributed by atoms with Crippen LogP contribution in [0.4, 0.5) is 4.79 Å². The number of nitrogens with zero attached hydrogens (tertiary/aromatic N) is 1. The van der Waals surface area contributed by atoms with Gasteiger partial charge in [-0.05, 0) is 32.4 Å². The quantitative estimate of drug-likeness (QED) is 0.890. The molecule has 0 saturated carbocycles. The predicted octanol–water partition coefficient (Wildman–Crippen LogP) is 2.26. The van der Waals surface area contributed by atoms with Crippen LogP contribution in [0.25, 0.3) is 0 Å². The molecule has 1 unspecified atom stereocenters. The Labute approximate surface area is 122 Å². The number of hydrogen-bond acceptors (Lipinski definition) is 4. The highest BCUT2D eigenvalue weighted by molar-refractivity contribution is 6.31. The summed E-state index contributed by atoms with van der Waals surface area (Å²) in [4.78, 5) is 26.6. The lowest BCUT2D eigenvalue weighted by molar-refractivity contribution is -0.139. The molecule has 0 saturated heterocycles.